The Bertz CT molecular complexity index is 313. The van der Waals surface area contributed by atoms with Gasteiger partial charge in [0.05, 0.1) is 0 Å². The van der Waals surface area contributed by atoms with Crippen LogP contribution in [-0.2, 0) is 0 Å². The van der Waals surface area contributed by atoms with E-state index in [0.29, 0.717) is 10.2 Å². The molecule has 0 amide bonds. The van der Waals surface area contributed by atoms with Gasteiger partial charge >= 0.3 is 5.51 Å². The molecule has 1 aromatic carbocycles. The highest BCUT2D eigenvalue weighted by Crippen LogP contribution is 2.38. The van der Waals surface area contributed by atoms with Crippen molar-refractivity contribution >= 4 is 33.4 Å². The van der Waals surface area contributed by atoms with E-state index in [9.17, 15) is 13.2 Å². The van der Waals surface area contributed by atoms with Gasteiger partial charge in [0.2, 0.25) is 0 Å². The highest BCUT2D eigenvalue weighted by Gasteiger charge is 2.29. The number of benzene rings is 1. The second-order valence-corrected chi connectivity index (χ2v) is 4.22. The molecule has 0 unspecified atom stereocenters. The number of nitrogen functional groups attached to an aromatic ring is 1. The minimum Gasteiger partial charge on any atom is -0.398 e. The van der Waals surface area contributed by atoms with Gasteiger partial charge in [0.25, 0.3) is 0 Å². The van der Waals surface area contributed by atoms with Gasteiger partial charge in [0.15, 0.2) is 0 Å². The smallest absolute Gasteiger partial charge is 0.398 e. The summed E-state index contributed by atoms with van der Waals surface area (Å²) >= 11 is 2.89. The van der Waals surface area contributed by atoms with Crippen molar-refractivity contribution in [1.82, 2.24) is 0 Å². The number of nitrogens with two attached hydrogens (primary N) is 1. The summed E-state index contributed by atoms with van der Waals surface area (Å²) in [6.45, 7) is 0. The molecule has 0 saturated heterocycles. The van der Waals surface area contributed by atoms with Crippen molar-refractivity contribution in [3.05, 3.63) is 22.7 Å². The molecule has 0 aliphatic carbocycles. The lowest BCUT2D eigenvalue weighted by atomic mass is 10.3. The molecule has 0 aliphatic rings. The molecule has 0 aliphatic heterocycles. The normalized spacial score (nSPS) is 11.7. The second kappa shape index (κ2) is 3.79. The Hall–Kier alpha value is -0.360. The largest absolute Gasteiger partial charge is 0.446 e. The molecule has 0 heterocycles. The van der Waals surface area contributed by atoms with Gasteiger partial charge in [-0.2, -0.15) is 13.2 Å². The maximum atomic E-state index is 11.9. The van der Waals surface area contributed by atoms with Gasteiger partial charge in [-0.05, 0) is 45.9 Å². The first kappa shape index (κ1) is 10.7. The van der Waals surface area contributed by atoms with E-state index in [-0.39, 0.29) is 16.7 Å². The highest BCUT2D eigenvalue weighted by molar-refractivity contribution is 9.10. The summed E-state index contributed by atoms with van der Waals surface area (Å²) in [7, 11) is 0. The van der Waals surface area contributed by atoms with Gasteiger partial charge in [-0.1, -0.05) is 0 Å². The van der Waals surface area contributed by atoms with Crippen molar-refractivity contribution in [2.24, 2.45) is 0 Å². The van der Waals surface area contributed by atoms with Crippen LogP contribution in [0.3, 0.4) is 0 Å². The maximum Gasteiger partial charge on any atom is 0.446 e. The van der Waals surface area contributed by atoms with Gasteiger partial charge in [-0.3, -0.25) is 0 Å². The topological polar surface area (TPSA) is 26.0 Å². The molecule has 2 N–H and O–H groups in total. The molecule has 0 atom stereocenters. The van der Waals surface area contributed by atoms with Crippen LogP contribution in [0.15, 0.2) is 27.6 Å². The van der Waals surface area contributed by atoms with Crippen LogP contribution in [0.2, 0.25) is 0 Å². The summed E-state index contributed by atoms with van der Waals surface area (Å²) in [6.07, 6.45) is 0. The Morgan fingerprint density at radius 2 is 1.92 bits per heavy atom. The average Bonchev–Trinajstić information content (AvgIpc) is 1.94. The van der Waals surface area contributed by atoms with Crippen molar-refractivity contribution in [3.63, 3.8) is 0 Å². The number of alkyl halides is 3. The molecule has 72 valence electrons. The zero-order chi connectivity index (χ0) is 10.1. The maximum absolute atomic E-state index is 11.9. The van der Waals surface area contributed by atoms with E-state index in [1.165, 1.54) is 18.2 Å². The Morgan fingerprint density at radius 3 is 2.38 bits per heavy atom. The zero-order valence-corrected chi connectivity index (χ0v) is 8.63. The van der Waals surface area contributed by atoms with Crippen LogP contribution in [0, 0.1) is 0 Å². The molecule has 0 radical (unpaired) electrons. The van der Waals surface area contributed by atoms with Crippen LogP contribution in [-0.4, -0.2) is 5.51 Å². The van der Waals surface area contributed by atoms with Crippen molar-refractivity contribution in [3.8, 4) is 0 Å². The summed E-state index contributed by atoms with van der Waals surface area (Å²) in [5, 5.41) is 0. The Labute approximate surface area is 85.6 Å². The van der Waals surface area contributed by atoms with E-state index in [0.717, 1.165) is 0 Å². The number of thioether (sulfide) groups is 1. The Balaban J connectivity index is 2.86. The molecule has 0 spiro atoms. The quantitative estimate of drug-likeness (QED) is 0.624. The fraction of sp³-hybridized carbons (Fsp3) is 0.143. The molecule has 1 aromatic rings. The Kier molecular flexibility index (Phi) is 3.13. The molecule has 0 saturated carbocycles. The fourth-order valence-electron chi connectivity index (χ4n) is 0.705. The van der Waals surface area contributed by atoms with Crippen molar-refractivity contribution in [1.29, 1.82) is 0 Å². The number of anilines is 1. The van der Waals surface area contributed by atoms with Crippen molar-refractivity contribution in [2.45, 2.75) is 10.4 Å². The molecule has 0 bridgehead atoms. The van der Waals surface area contributed by atoms with Crippen molar-refractivity contribution in [2.75, 3.05) is 5.73 Å². The third-order valence-electron chi connectivity index (χ3n) is 1.21. The first-order valence-corrected chi connectivity index (χ1v) is 4.80. The van der Waals surface area contributed by atoms with Gasteiger partial charge in [-0.15, -0.1) is 0 Å². The summed E-state index contributed by atoms with van der Waals surface area (Å²) in [6, 6.07) is 4.10. The third-order valence-corrected chi connectivity index (χ3v) is 2.61. The SMILES string of the molecule is Nc1ccc(SC(F)(F)F)cc1Br. The number of hydrogen-bond acceptors (Lipinski definition) is 2. The lowest BCUT2D eigenvalue weighted by Crippen LogP contribution is -1.99. The van der Waals surface area contributed by atoms with E-state index in [1.807, 2.05) is 0 Å². The lowest BCUT2D eigenvalue weighted by molar-refractivity contribution is -0.0328. The molecular formula is C7H5BrF3NS. The molecule has 6 heteroatoms. The number of rotatable bonds is 1. The van der Waals surface area contributed by atoms with Gasteiger partial charge in [0.1, 0.15) is 0 Å². The van der Waals surface area contributed by atoms with Crippen LogP contribution < -0.4 is 5.73 Å². The van der Waals surface area contributed by atoms with Crippen molar-refractivity contribution < 1.29 is 13.2 Å². The standard InChI is InChI=1S/C7H5BrF3NS/c8-5-3-4(1-2-6(5)12)13-7(9,10)11/h1-3H,12H2. The summed E-state index contributed by atoms with van der Waals surface area (Å²) in [4.78, 5) is 0.119. The third kappa shape index (κ3) is 3.48. The van der Waals surface area contributed by atoms with E-state index in [2.05, 4.69) is 15.9 Å². The number of hydrogen-bond donors (Lipinski definition) is 1. The van der Waals surface area contributed by atoms with Crippen LogP contribution in [0.5, 0.6) is 0 Å². The molecule has 0 fully saturated rings. The average molecular weight is 272 g/mol. The van der Waals surface area contributed by atoms with Crippen LogP contribution >= 0.6 is 27.7 Å². The predicted octanol–water partition coefficient (Wildman–Crippen LogP) is 3.64. The zero-order valence-electron chi connectivity index (χ0n) is 6.23. The van der Waals surface area contributed by atoms with Gasteiger partial charge in [-0.25, -0.2) is 0 Å². The highest BCUT2D eigenvalue weighted by atomic mass is 79.9. The summed E-state index contributed by atoms with van der Waals surface area (Å²) in [5.74, 6) is 0. The first-order valence-electron chi connectivity index (χ1n) is 3.19. The van der Waals surface area contributed by atoms with Gasteiger partial charge in [0, 0.05) is 15.1 Å². The minimum absolute atomic E-state index is 0.119. The monoisotopic (exact) mass is 271 g/mol. The Morgan fingerprint density at radius 1 is 1.31 bits per heavy atom. The predicted molar refractivity (Wildman–Crippen MR) is 50.5 cm³/mol. The van der Waals surface area contributed by atoms with E-state index in [4.69, 9.17) is 5.73 Å². The molecule has 13 heavy (non-hydrogen) atoms. The van der Waals surface area contributed by atoms with E-state index < -0.39 is 5.51 Å². The number of halogens is 4. The summed E-state index contributed by atoms with van der Waals surface area (Å²) in [5.41, 5.74) is 1.58. The van der Waals surface area contributed by atoms with Crippen LogP contribution in [0.25, 0.3) is 0 Å². The summed E-state index contributed by atoms with van der Waals surface area (Å²) < 4.78 is 36.1. The van der Waals surface area contributed by atoms with E-state index >= 15 is 0 Å². The molecule has 1 nitrogen and oxygen atoms in total. The van der Waals surface area contributed by atoms with Crippen LogP contribution in [0.4, 0.5) is 18.9 Å². The molecule has 0 aromatic heterocycles. The lowest BCUT2D eigenvalue weighted by Gasteiger charge is -2.06. The fourth-order valence-corrected chi connectivity index (χ4v) is 1.82. The minimum atomic E-state index is -4.25. The molecule has 1 rings (SSSR count). The van der Waals surface area contributed by atoms with E-state index in [1.54, 1.807) is 0 Å². The van der Waals surface area contributed by atoms with Crippen LogP contribution in [0.1, 0.15) is 0 Å². The first-order chi connectivity index (χ1) is 5.88. The second-order valence-electron chi connectivity index (χ2n) is 2.23. The van der Waals surface area contributed by atoms with Gasteiger partial charge < -0.3 is 5.73 Å². The molecular weight excluding hydrogens is 267 g/mol.